The summed E-state index contributed by atoms with van der Waals surface area (Å²) in [5, 5.41) is 22.1. The Balaban J connectivity index is 1.60. The van der Waals surface area contributed by atoms with Crippen LogP contribution >= 0.6 is 0 Å². The molecule has 0 spiro atoms. The molecule has 33 heavy (non-hydrogen) atoms. The number of hydrogen-bond acceptors (Lipinski definition) is 3. The van der Waals surface area contributed by atoms with Crippen molar-refractivity contribution in [2.75, 3.05) is 0 Å². The van der Waals surface area contributed by atoms with Crippen molar-refractivity contribution < 1.29 is 24.2 Å². The number of alkyl halides is 1. The van der Waals surface area contributed by atoms with Crippen LogP contribution in [0, 0.1) is 5.41 Å². The molecule has 1 fully saturated rings. The first-order valence-corrected chi connectivity index (χ1v) is 12.0. The minimum Gasteiger partial charge on any atom is -0.480 e. The van der Waals surface area contributed by atoms with Gasteiger partial charge in [0.05, 0.1) is 0 Å². The fourth-order valence-electron chi connectivity index (χ4n) is 5.54. The Morgan fingerprint density at radius 2 is 1.73 bits per heavy atom. The van der Waals surface area contributed by atoms with Crippen LogP contribution in [0.3, 0.4) is 0 Å². The van der Waals surface area contributed by atoms with Crippen LogP contribution in [-0.4, -0.2) is 28.2 Å². The summed E-state index contributed by atoms with van der Waals surface area (Å²) in [6, 6.07) is 13.0. The van der Waals surface area contributed by atoms with Gasteiger partial charge in [0.1, 0.15) is 0 Å². The molecule has 2 atom stereocenters. The van der Waals surface area contributed by atoms with Crippen molar-refractivity contribution in [3.05, 3.63) is 59.2 Å². The zero-order valence-electron chi connectivity index (χ0n) is 19.1. The molecule has 1 saturated carbocycles. The topological polar surface area (TPSA) is 86.6 Å². The third kappa shape index (κ3) is 4.05. The fraction of sp³-hybridized carbons (Fsp3) is 0.481. The summed E-state index contributed by atoms with van der Waals surface area (Å²) in [5.74, 6) is -4.58. The number of nitrogens with one attached hydrogen (secondary N) is 1. The number of carboxylic acid groups (broad SMARTS) is 2. The van der Waals surface area contributed by atoms with Crippen LogP contribution in [0.2, 0.25) is 0 Å². The lowest BCUT2D eigenvalue weighted by molar-refractivity contribution is -0.164. The van der Waals surface area contributed by atoms with Crippen LogP contribution in [0.15, 0.2) is 42.5 Å². The van der Waals surface area contributed by atoms with Crippen molar-refractivity contribution >= 4 is 11.9 Å². The van der Waals surface area contributed by atoms with Gasteiger partial charge in [-0.1, -0.05) is 75.1 Å². The summed E-state index contributed by atoms with van der Waals surface area (Å²) in [4.78, 5) is 23.4. The molecule has 0 amide bonds. The van der Waals surface area contributed by atoms with Gasteiger partial charge in [0, 0.05) is 17.2 Å². The first kappa shape index (κ1) is 23.4. The number of rotatable bonds is 11. The molecule has 176 valence electrons. The summed E-state index contributed by atoms with van der Waals surface area (Å²) in [7, 11) is 0. The number of aryl methyl sites for hydroxylation is 1. The lowest BCUT2D eigenvalue weighted by atomic mass is 9.71. The standard InChI is InChI=1S/C27H32FNO4/c1-2-3-4-5-9-12-21-22-14-13-20(18-10-7-6-8-11-18)23(21)27(22,28)29-19-15-16-26(17-19,24(30)31)25(32)33/h6-8,10-11,13-14,19,29H,2-5,9,12,15-17H2,1H3,(H,30,31)(H,32,33). The van der Waals surface area contributed by atoms with E-state index < -0.39 is 29.2 Å². The SMILES string of the molecule is CCCCCCCc1c2ccc(-c3ccccc3)c1C2(F)NC1CCC(C(=O)O)(C(=O)O)C1. The van der Waals surface area contributed by atoms with Crippen molar-refractivity contribution in [3.8, 4) is 11.1 Å². The smallest absolute Gasteiger partial charge is 0.321 e. The van der Waals surface area contributed by atoms with Gasteiger partial charge in [-0.2, -0.15) is 0 Å². The Labute approximate surface area is 194 Å². The number of carbonyl (C=O) groups is 2. The second-order valence-corrected chi connectivity index (χ2v) is 9.48. The normalized spacial score (nSPS) is 22.7. The van der Waals surface area contributed by atoms with Gasteiger partial charge in [-0.3, -0.25) is 14.9 Å². The number of benzene rings is 2. The lowest BCUT2D eigenvalue weighted by Crippen LogP contribution is -2.52. The van der Waals surface area contributed by atoms with Crippen molar-refractivity contribution in [2.24, 2.45) is 5.41 Å². The zero-order chi connectivity index (χ0) is 23.6. The number of halogens is 1. The molecule has 2 aromatic carbocycles. The average Bonchev–Trinajstić information content (AvgIpc) is 3.24. The molecular formula is C27H32FNO4. The van der Waals surface area contributed by atoms with Crippen LogP contribution in [-0.2, 0) is 21.8 Å². The predicted octanol–water partition coefficient (Wildman–Crippen LogP) is 5.65. The molecule has 2 aliphatic rings. The summed E-state index contributed by atoms with van der Waals surface area (Å²) < 4.78 is 16.6. The van der Waals surface area contributed by atoms with Crippen LogP contribution in [0.4, 0.5) is 4.39 Å². The van der Waals surface area contributed by atoms with Gasteiger partial charge < -0.3 is 10.2 Å². The largest absolute Gasteiger partial charge is 0.480 e. The summed E-state index contributed by atoms with van der Waals surface area (Å²) >= 11 is 0. The van der Waals surface area contributed by atoms with Gasteiger partial charge in [0.15, 0.2) is 5.41 Å². The highest BCUT2D eigenvalue weighted by molar-refractivity contribution is 5.98. The average molecular weight is 454 g/mol. The molecule has 0 aromatic heterocycles. The zero-order valence-corrected chi connectivity index (χ0v) is 19.1. The van der Waals surface area contributed by atoms with Crippen molar-refractivity contribution in [3.63, 3.8) is 0 Å². The maximum Gasteiger partial charge on any atom is 0.321 e. The molecule has 2 aromatic rings. The highest BCUT2D eigenvalue weighted by atomic mass is 19.1. The summed E-state index contributed by atoms with van der Waals surface area (Å²) in [5.41, 5.74) is 2.19. The van der Waals surface area contributed by atoms with Gasteiger partial charge in [-0.15, -0.1) is 0 Å². The van der Waals surface area contributed by atoms with E-state index in [4.69, 9.17) is 0 Å². The first-order chi connectivity index (χ1) is 15.8. The number of fused-ring (bicyclic) bond motifs is 2. The summed E-state index contributed by atoms with van der Waals surface area (Å²) in [6.45, 7) is 2.18. The van der Waals surface area contributed by atoms with Gasteiger partial charge >= 0.3 is 11.9 Å². The molecule has 0 saturated heterocycles. The molecule has 0 aliphatic heterocycles. The maximum atomic E-state index is 16.6. The van der Waals surface area contributed by atoms with E-state index >= 15 is 4.39 Å². The Bertz CT molecular complexity index is 1020. The highest BCUT2D eigenvalue weighted by Gasteiger charge is 2.56. The third-order valence-corrected chi connectivity index (χ3v) is 7.38. The van der Waals surface area contributed by atoms with E-state index in [1.165, 1.54) is 19.3 Å². The number of hydrogen-bond donors (Lipinski definition) is 3. The van der Waals surface area contributed by atoms with Gasteiger partial charge in [0.2, 0.25) is 5.79 Å². The second kappa shape index (κ2) is 9.26. The van der Waals surface area contributed by atoms with Crippen LogP contribution in [0.25, 0.3) is 11.1 Å². The van der Waals surface area contributed by atoms with E-state index in [0.717, 1.165) is 36.0 Å². The molecule has 0 heterocycles. The quantitative estimate of drug-likeness (QED) is 0.233. The molecule has 3 N–H and O–H groups in total. The van der Waals surface area contributed by atoms with Crippen molar-refractivity contribution in [2.45, 2.75) is 76.5 Å². The van der Waals surface area contributed by atoms with Crippen molar-refractivity contribution in [1.82, 2.24) is 5.32 Å². The van der Waals surface area contributed by atoms with Crippen LogP contribution < -0.4 is 5.32 Å². The molecule has 2 unspecified atom stereocenters. The molecule has 4 rings (SSSR count). The Kier molecular flexibility index (Phi) is 6.57. The minimum absolute atomic E-state index is 0.00479. The van der Waals surface area contributed by atoms with Crippen LogP contribution in [0.5, 0.6) is 0 Å². The molecule has 2 bridgehead atoms. The maximum absolute atomic E-state index is 16.6. The van der Waals surface area contributed by atoms with Crippen LogP contribution in [0.1, 0.15) is 75.0 Å². The fourth-order valence-corrected chi connectivity index (χ4v) is 5.54. The molecule has 0 radical (unpaired) electrons. The van der Waals surface area contributed by atoms with E-state index in [0.29, 0.717) is 17.5 Å². The minimum atomic E-state index is -1.88. The predicted molar refractivity (Wildman–Crippen MR) is 125 cm³/mol. The van der Waals surface area contributed by atoms with Gasteiger partial charge in [0.25, 0.3) is 0 Å². The van der Waals surface area contributed by atoms with E-state index in [-0.39, 0.29) is 12.8 Å². The lowest BCUT2D eigenvalue weighted by Gasteiger charge is -2.44. The molecule has 5 nitrogen and oxygen atoms in total. The number of aliphatic carboxylic acids is 2. The second-order valence-electron chi connectivity index (χ2n) is 9.48. The summed E-state index contributed by atoms with van der Waals surface area (Å²) in [6.07, 6.45) is 6.64. The molecule has 2 aliphatic carbocycles. The number of unbranched alkanes of at least 4 members (excludes halogenated alkanes) is 4. The van der Waals surface area contributed by atoms with Gasteiger partial charge in [-0.05, 0) is 48.8 Å². The van der Waals surface area contributed by atoms with E-state index in [9.17, 15) is 19.8 Å². The van der Waals surface area contributed by atoms with E-state index in [1.807, 2.05) is 42.5 Å². The Hall–Kier alpha value is -2.73. The van der Waals surface area contributed by atoms with E-state index in [2.05, 4.69) is 12.2 Å². The van der Waals surface area contributed by atoms with Crippen molar-refractivity contribution in [1.29, 1.82) is 0 Å². The number of carboxylic acids is 2. The third-order valence-electron chi connectivity index (χ3n) is 7.38. The Morgan fingerprint density at radius 1 is 1.03 bits per heavy atom. The first-order valence-electron chi connectivity index (χ1n) is 12.0. The van der Waals surface area contributed by atoms with E-state index in [1.54, 1.807) is 0 Å². The molecule has 6 heteroatoms. The monoisotopic (exact) mass is 453 g/mol. The van der Waals surface area contributed by atoms with Gasteiger partial charge in [-0.25, -0.2) is 4.39 Å². The highest BCUT2D eigenvalue weighted by Crippen LogP contribution is 2.53. The molecular weight excluding hydrogens is 421 g/mol. The Morgan fingerprint density at radius 3 is 2.36 bits per heavy atom.